The van der Waals surface area contributed by atoms with Crippen molar-refractivity contribution < 1.29 is 14.3 Å². The molecule has 2 aromatic rings. The molecule has 18 heavy (non-hydrogen) atoms. The van der Waals surface area contributed by atoms with Gasteiger partial charge in [-0.25, -0.2) is 0 Å². The Morgan fingerprint density at radius 2 is 2.22 bits per heavy atom. The zero-order valence-corrected chi connectivity index (χ0v) is 10.1. The maximum atomic E-state index is 11.2. The molecular weight excluding hydrogens is 230 g/mol. The average molecular weight is 245 g/mol. The summed E-state index contributed by atoms with van der Waals surface area (Å²) in [4.78, 5) is 11.2. The number of hydrogen-bond donors (Lipinski definition) is 2. The minimum Gasteiger partial charge on any atom is -0.464 e. The third-order valence-corrected chi connectivity index (χ3v) is 2.85. The Morgan fingerprint density at radius 3 is 2.83 bits per heavy atom. The molecule has 1 aromatic carbocycles. The van der Waals surface area contributed by atoms with Gasteiger partial charge in [-0.3, -0.25) is 4.79 Å². The second-order valence-corrected chi connectivity index (χ2v) is 4.11. The van der Waals surface area contributed by atoms with E-state index in [0.717, 1.165) is 11.1 Å². The van der Waals surface area contributed by atoms with Gasteiger partial charge in [0, 0.05) is 17.9 Å². The fourth-order valence-corrected chi connectivity index (χ4v) is 1.83. The van der Waals surface area contributed by atoms with Gasteiger partial charge < -0.3 is 15.3 Å². The number of nitrogens with two attached hydrogens (primary N) is 1. The first kappa shape index (κ1) is 12.4. The van der Waals surface area contributed by atoms with E-state index in [1.165, 1.54) is 13.2 Å². The Bertz CT molecular complexity index is 572. The van der Waals surface area contributed by atoms with Gasteiger partial charge in [-0.05, 0) is 31.0 Å². The van der Waals surface area contributed by atoms with E-state index in [1.807, 2.05) is 18.2 Å². The van der Waals surface area contributed by atoms with Gasteiger partial charge in [0.05, 0.1) is 5.56 Å². The van der Waals surface area contributed by atoms with E-state index in [-0.39, 0.29) is 12.4 Å². The number of anilines is 1. The second kappa shape index (κ2) is 5.06. The summed E-state index contributed by atoms with van der Waals surface area (Å²) in [5.74, 6) is 0.521. The molecule has 3 N–H and O–H groups in total. The smallest absolute Gasteiger partial charge is 0.163 e. The second-order valence-electron chi connectivity index (χ2n) is 4.11. The van der Waals surface area contributed by atoms with Gasteiger partial charge in [0.25, 0.3) is 0 Å². The molecule has 0 bridgehead atoms. The van der Waals surface area contributed by atoms with E-state index >= 15 is 0 Å². The van der Waals surface area contributed by atoms with Crippen LogP contribution in [-0.4, -0.2) is 17.5 Å². The quantitative estimate of drug-likeness (QED) is 0.640. The summed E-state index contributed by atoms with van der Waals surface area (Å²) in [6.45, 7) is 1.53. The molecule has 1 heterocycles. The van der Waals surface area contributed by atoms with Crippen LogP contribution in [0.5, 0.6) is 0 Å². The molecule has 4 nitrogen and oxygen atoms in total. The number of furan rings is 1. The van der Waals surface area contributed by atoms with Crippen molar-refractivity contribution >= 4 is 11.5 Å². The summed E-state index contributed by atoms with van der Waals surface area (Å²) in [6, 6.07) is 7.23. The highest BCUT2D eigenvalue weighted by atomic mass is 16.3. The SMILES string of the molecule is CC(=O)c1coc(-c2cccc(CCO)c2N)c1. The van der Waals surface area contributed by atoms with Crippen LogP contribution in [0, 0.1) is 0 Å². The number of benzene rings is 1. The van der Waals surface area contributed by atoms with Crippen LogP contribution in [-0.2, 0) is 6.42 Å². The van der Waals surface area contributed by atoms with Gasteiger partial charge in [-0.15, -0.1) is 0 Å². The van der Waals surface area contributed by atoms with Gasteiger partial charge in [0.15, 0.2) is 5.78 Å². The Balaban J connectivity index is 2.43. The Morgan fingerprint density at radius 1 is 1.44 bits per heavy atom. The molecule has 0 aliphatic rings. The zero-order chi connectivity index (χ0) is 13.1. The van der Waals surface area contributed by atoms with E-state index in [1.54, 1.807) is 6.07 Å². The highest BCUT2D eigenvalue weighted by Gasteiger charge is 2.12. The van der Waals surface area contributed by atoms with Crippen molar-refractivity contribution in [3.8, 4) is 11.3 Å². The third-order valence-electron chi connectivity index (χ3n) is 2.85. The molecular formula is C14H15NO3. The van der Waals surface area contributed by atoms with Gasteiger partial charge in [0.2, 0.25) is 0 Å². The van der Waals surface area contributed by atoms with Crippen LogP contribution in [0.25, 0.3) is 11.3 Å². The Kier molecular flexibility index (Phi) is 3.48. The maximum Gasteiger partial charge on any atom is 0.163 e. The summed E-state index contributed by atoms with van der Waals surface area (Å²) in [7, 11) is 0. The number of ketones is 1. The lowest BCUT2D eigenvalue weighted by molar-refractivity contribution is 0.101. The molecule has 0 saturated carbocycles. The molecule has 0 aliphatic carbocycles. The lowest BCUT2D eigenvalue weighted by Gasteiger charge is -2.07. The molecule has 0 aliphatic heterocycles. The van der Waals surface area contributed by atoms with Crippen LogP contribution in [0.2, 0.25) is 0 Å². The number of carbonyl (C=O) groups excluding carboxylic acids is 1. The molecule has 0 amide bonds. The molecule has 0 saturated heterocycles. The lowest BCUT2D eigenvalue weighted by Crippen LogP contribution is -1.99. The zero-order valence-electron chi connectivity index (χ0n) is 10.1. The first-order chi connectivity index (χ1) is 8.63. The minimum atomic E-state index is -0.0462. The number of carbonyl (C=O) groups is 1. The number of para-hydroxylation sites is 1. The summed E-state index contributed by atoms with van der Waals surface area (Å²) >= 11 is 0. The minimum absolute atomic E-state index is 0.0461. The fraction of sp³-hybridized carbons (Fsp3) is 0.214. The van der Waals surface area contributed by atoms with E-state index in [0.29, 0.717) is 23.4 Å². The number of aliphatic hydroxyl groups is 1. The predicted octanol–water partition coefficient (Wildman–Crippen LogP) is 2.27. The fourth-order valence-electron chi connectivity index (χ4n) is 1.83. The van der Waals surface area contributed by atoms with E-state index in [9.17, 15) is 4.79 Å². The van der Waals surface area contributed by atoms with Gasteiger partial charge in [0.1, 0.15) is 12.0 Å². The number of Topliss-reactive ketones (excluding diaryl/α,β-unsaturated/α-hetero) is 1. The summed E-state index contributed by atoms with van der Waals surface area (Å²) in [5, 5.41) is 8.96. The van der Waals surface area contributed by atoms with Crippen LogP contribution >= 0.6 is 0 Å². The Hall–Kier alpha value is -2.07. The van der Waals surface area contributed by atoms with Crippen LogP contribution in [0.15, 0.2) is 34.9 Å². The van der Waals surface area contributed by atoms with Gasteiger partial charge in [-0.1, -0.05) is 12.1 Å². The van der Waals surface area contributed by atoms with Crippen LogP contribution in [0.3, 0.4) is 0 Å². The standard InChI is InChI=1S/C14H15NO3/c1-9(17)11-7-13(18-8-11)12-4-2-3-10(5-6-16)14(12)15/h2-4,7-8,16H,5-6,15H2,1H3. The van der Waals surface area contributed by atoms with E-state index in [2.05, 4.69) is 0 Å². The van der Waals surface area contributed by atoms with Crippen molar-refractivity contribution in [2.45, 2.75) is 13.3 Å². The number of aliphatic hydroxyl groups excluding tert-OH is 1. The van der Waals surface area contributed by atoms with Crippen LogP contribution < -0.4 is 5.73 Å². The molecule has 0 fully saturated rings. The highest BCUT2D eigenvalue weighted by molar-refractivity contribution is 5.95. The van der Waals surface area contributed by atoms with E-state index in [4.69, 9.17) is 15.3 Å². The lowest BCUT2D eigenvalue weighted by atomic mass is 10.0. The molecule has 0 unspecified atom stereocenters. The molecule has 0 atom stereocenters. The maximum absolute atomic E-state index is 11.2. The predicted molar refractivity (Wildman–Crippen MR) is 69.4 cm³/mol. The molecule has 2 rings (SSSR count). The van der Waals surface area contributed by atoms with Crippen LogP contribution in [0.4, 0.5) is 5.69 Å². The van der Waals surface area contributed by atoms with Crippen molar-refractivity contribution in [1.82, 2.24) is 0 Å². The largest absolute Gasteiger partial charge is 0.464 e. The average Bonchev–Trinajstić information content (AvgIpc) is 2.81. The molecule has 94 valence electrons. The number of rotatable bonds is 4. The molecule has 4 heteroatoms. The molecule has 0 spiro atoms. The third kappa shape index (κ3) is 2.28. The van der Waals surface area contributed by atoms with Crippen molar-refractivity contribution in [2.75, 3.05) is 12.3 Å². The summed E-state index contributed by atoms with van der Waals surface area (Å²) in [6.07, 6.45) is 1.93. The van der Waals surface area contributed by atoms with Crippen molar-refractivity contribution in [3.05, 3.63) is 41.7 Å². The summed E-state index contributed by atoms with van der Waals surface area (Å²) in [5.41, 5.74) is 8.75. The van der Waals surface area contributed by atoms with Crippen molar-refractivity contribution in [1.29, 1.82) is 0 Å². The van der Waals surface area contributed by atoms with Crippen molar-refractivity contribution in [3.63, 3.8) is 0 Å². The van der Waals surface area contributed by atoms with E-state index < -0.39 is 0 Å². The van der Waals surface area contributed by atoms with Crippen molar-refractivity contribution in [2.24, 2.45) is 0 Å². The van der Waals surface area contributed by atoms with Gasteiger partial charge in [-0.2, -0.15) is 0 Å². The summed E-state index contributed by atoms with van der Waals surface area (Å²) < 4.78 is 5.36. The molecule has 0 radical (unpaired) electrons. The number of nitrogen functional groups attached to an aromatic ring is 1. The highest BCUT2D eigenvalue weighted by Crippen LogP contribution is 2.30. The normalized spacial score (nSPS) is 10.6. The monoisotopic (exact) mass is 245 g/mol. The first-order valence-corrected chi connectivity index (χ1v) is 5.71. The first-order valence-electron chi connectivity index (χ1n) is 5.71. The molecule has 1 aromatic heterocycles. The van der Waals surface area contributed by atoms with Gasteiger partial charge >= 0.3 is 0 Å². The topological polar surface area (TPSA) is 76.5 Å². The Labute approximate surface area is 105 Å². The number of hydrogen-bond acceptors (Lipinski definition) is 4. The van der Waals surface area contributed by atoms with Crippen LogP contribution in [0.1, 0.15) is 22.8 Å².